The quantitative estimate of drug-likeness (QED) is 0.227. The first kappa shape index (κ1) is 23.1. The number of aromatic nitrogens is 1. The number of ketones is 1. The number of amides is 2. The van der Waals surface area contributed by atoms with Gasteiger partial charge < -0.3 is 4.57 Å². The Bertz CT molecular complexity index is 1470. The average molecular weight is 503 g/mol. The summed E-state index contributed by atoms with van der Waals surface area (Å²) in [6.07, 6.45) is 2.53. The molecule has 0 fully saturated rings. The largest absolute Gasteiger partial charge is 0.318 e. The second-order valence-electron chi connectivity index (χ2n) is 8.22. The number of carbonyl (C=O) groups is 3. The second kappa shape index (κ2) is 9.17. The number of fused-ring (bicyclic) bond motifs is 1. The third kappa shape index (κ3) is 3.97. The van der Waals surface area contributed by atoms with Gasteiger partial charge in [0.05, 0.1) is 28.4 Å². The lowest BCUT2D eigenvalue weighted by molar-refractivity contribution is 0.0639. The van der Waals surface area contributed by atoms with Crippen molar-refractivity contribution >= 4 is 40.8 Å². The molecular formula is C28H20Cl2N2O3. The minimum Gasteiger partial charge on any atom is -0.318 e. The topological polar surface area (TPSA) is 59.4 Å². The van der Waals surface area contributed by atoms with Crippen molar-refractivity contribution in [3.8, 4) is 5.69 Å². The standard InChI is InChI=1S/C28H20Cl2N2O3/c1-2-17-13-14-31(25(17)16-32-27(34)19-7-3-4-8-20(19)28(32)35)24-12-11-18(29)15-22(24)26(33)21-9-5-6-10-23(21)30/h3-15H,2,16H2,1H3. The lowest BCUT2D eigenvalue weighted by Crippen LogP contribution is -2.30. The molecule has 174 valence electrons. The van der Waals surface area contributed by atoms with Gasteiger partial charge in [0.15, 0.2) is 5.78 Å². The van der Waals surface area contributed by atoms with E-state index in [2.05, 4.69) is 0 Å². The van der Waals surface area contributed by atoms with E-state index < -0.39 is 0 Å². The molecule has 3 aromatic carbocycles. The molecule has 1 aromatic heterocycles. The predicted molar refractivity (Wildman–Crippen MR) is 136 cm³/mol. The fourth-order valence-corrected chi connectivity index (χ4v) is 4.85. The molecule has 0 saturated heterocycles. The van der Waals surface area contributed by atoms with Crippen LogP contribution in [-0.4, -0.2) is 27.1 Å². The van der Waals surface area contributed by atoms with Crippen molar-refractivity contribution < 1.29 is 14.4 Å². The first-order valence-electron chi connectivity index (χ1n) is 11.1. The van der Waals surface area contributed by atoms with Crippen LogP contribution in [0.15, 0.2) is 79.0 Å². The van der Waals surface area contributed by atoms with Crippen molar-refractivity contribution in [1.82, 2.24) is 9.47 Å². The molecule has 1 aliphatic heterocycles. The number of benzene rings is 3. The van der Waals surface area contributed by atoms with E-state index >= 15 is 0 Å². The molecule has 0 atom stereocenters. The zero-order chi connectivity index (χ0) is 24.7. The van der Waals surface area contributed by atoms with E-state index in [0.29, 0.717) is 44.4 Å². The van der Waals surface area contributed by atoms with Crippen LogP contribution in [0.25, 0.3) is 5.69 Å². The fourth-order valence-electron chi connectivity index (χ4n) is 4.45. The minimum absolute atomic E-state index is 0.0743. The Morgan fingerprint density at radius 3 is 2.14 bits per heavy atom. The van der Waals surface area contributed by atoms with Gasteiger partial charge >= 0.3 is 0 Å². The molecule has 5 rings (SSSR count). The monoisotopic (exact) mass is 502 g/mol. The Kier molecular flexibility index (Phi) is 6.05. The first-order chi connectivity index (χ1) is 16.9. The molecule has 0 unspecified atom stereocenters. The molecular weight excluding hydrogens is 483 g/mol. The lowest BCUT2D eigenvalue weighted by atomic mass is 10.0. The number of halogens is 2. The SMILES string of the molecule is CCc1ccn(-c2ccc(Cl)cc2C(=O)c2ccccc2Cl)c1CN1C(=O)c2ccccc2C1=O. The van der Waals surface area contributed by atoms with E-state index in [4.69, 9.17) is 23.2 Å². The van der Waals surface area contributed by atoms with Gasteiger partial charge in [0.25, 0.3) is 11.8 Å². The molecule has 0 bridgehead atoms. The highest BCUT2D eigenvalue weighted by atomic mass is 35.5. The number of nitrogens with zero attached hydrogens (tertiary/aromatic N) is 2. The number of carbonyl (C=O) groups excluding carboxylic acids is 3. The minimum atomic E-state index is -0.330. The number of hydrogen-bond donors (Lipinski definition) is 0. The number of rotatable bonds is 6. The van der Waals surface area contributed by atoms with Crippen molar-refractivity contribution in [2.24, 2.45) is 0 Å². The van der Waals surface area contributed by atoms with Crippen LogP contribution in [0.2, 0.25) is 10.0 Å². The first-order valence-corrected chi connectivity index (χ1v) is 11.9. The average Bonchev–Trinajstić information content (AvgIpc) is 3.38. The summed E-state index contributed by atoms with van der Waals surface area (Å²) in [6, 6.07) is 20.7. The van der Waals surface area contributed by atoms with Gasteiger partial charge in [0, 0.05) is 28.0 Å². The summed E-state index contributed by atoms with van der Waals surface area (Å²) in [4.78, 5) is 40.8. The lowest BCUT2D eigenvalue weighted by Gasteiger charge is -2.19. The third-order valence-corrected chi connectivity index (χ3v) is 6.80. The van der Waals surface area contributed by atoms with E-state index in [1.165, 1.54) is 4.90 Å². The summed E-state index contributed by atoms with van der Waals surface area (Å²) in [7, 11) is 0. The van der Waals surface area contributed by atoms with Crippen LogP contribution in [0.1, 0.15) is 54.8 Å². The Morgan fingerprint density at radius 2 is 1.49 bits per heavy atom. The summed E-state index contributed by atoms with van der Waals surface area (Å²) in [5.74, 6) is -0.931. The Hall–Kier alpha value is -3.67. The Balaban J connectivity index is 1.60. The van der Waals surface area contributed by atoms with Crippen LogP contribution >= 0.6 is 23.2 Å². The van der Waals surface area contributed by atoms with E-state index in [0.717, 1.165) is 11.3 Å². The van der Waals surface area contributed by atoms with Crippen LogP contribution < -0.4 is 0 Å². The molecule has 2 amide bonds. The van der Waals surface area contributed by atoms with Crippen LogP contribution in [0.4, 0.5) is 0 Å². The molecule has 0 saturated carbocycles. The van der Waals surface area contributed by atoms with Crippen molar-refractivity contribution in [2.45, 2.75) is 19.9 Å². The number of aryl methyl sites for hydroxylation is 1. The van der Waals surface area contributed by atoms with Crippen molar-refractivity contribution in [3.05, 3.63) is 123 Å². The maximum Gasteiger partial charge on any atom is 0.261 e. The third-order valence-electron chi connectivity index (χ3n) is 6.23. The molecule has 4 aromatic rings. The number of imide groups is 1. The van der Waals surface area contributed by atoms with Crippen molar-refractivity contribution in [2.75, 3.05) is 0 Å². The van der Waals surface area contributed by atoms with Crippen LogP contribution in [0.5, 0.6) is 0 Å². The van der Waals surface area contributed by atoms with Crippen molar-refractivity contribution in [3.63, 3.8) is 0 Å². The van der Waals surface area contributed by atoms with Gasteiger partial charge in [-0.1, -0.05) is 54.4 Å². The van der Waals surface area contributed by atoms with Crippen LogP contribution in [0, 0.1) is 0 Å². The maximum absolute atomic E-state index is 13.5. The molecule has 0 spiro atoms. The summed E-state index contributed by atoms with van der Waals surface area (Å²) in [5, 5.41) is 0.755. The van der Waals surface area contributed by atoms with Crippen LogP contribution in [-0.2, 0) is 13.0 Å². The zero-order valence-corrected chi connectivity index (χ0v) is 20.3. The molecule has 35 heavy (non-hydrogen) atoms. The van der Waals surface area contributed by atoms with Crippen molar-refractivity contribution in [1.29, 1.82) is 0 Å². The zero-order valence-electron chi connectivity index (χ0n) is 18.8. The maximum atomic E-state index is 13.5. The van der Waals surface area contributed by atoms with Gasteiger partial charge in [-0.05, 0) is 60.5 Å². The fraction of sp³-hybridized carbons (Fsp3) is 0.107. The molecule has 5 nitrogen and oxygen atoms in total. The predicted octanol–water partition coefficient (Wildman–Crippen LogP) is 6.37. The summed E-state index contributed by atoms with van der Waals surface area (Å²) in [5.41, 5.74) is 3.83. The summed E-state index contributed by atoms with van der Waals surface area (Å²) >= 11 is 12.6. The molecule has 7 heteroatoms. The van der Waals surface area contributed by atoms with E-state index in [1.807, 2.05) is 23.8 Å². The molecule has 0 aliphatic carbocycles. The van der Waals surface area contributed by atoms with E-state index in [-0.39, 0.29) is 24.1 Å². The van der Waals surface area contributed by atoms with Gasteiger partial charge in [0.2, 0.25) is 0 Å². The second-order valence-corrected chi connectivity index (χ2v) is 9.07. The van der Waals surface area contributed by atoms with Gasteiger partial charge in [0.1, 0.15) is 0 Å². The smallest absolute Gasteiger partial charge is 0.261 e. The van der Waals surface area contributed by atoms with Crippen LogP contribution in [0.3, 0.4) is 0 Å². The highest BCUT2D eigenvalue weighted by Crippen LogP contribution is 2.30. The molecule has 2 heterocycles. The highest BCUT2D eigenvalue weighted by Gasteiger charge is 2.36. The summed E-state index contributed by atoms with van der Waals surface area (Å²) < 4.78 is 1.85. The molecule has 0 N–H and O–H groups in total. The van der Waals surface area contributed by atoms with Gasteiger partial charge in [-0.3, -0.25) is 19.3 Å². The number of hydrogen-bond acceptors (Lipinski definition) is 3. The Labute approximate surface area is 212 Å². The van der Waals surface area contributed by atoms with E-state index in [9.17, 15) is 14.4 Å². The normalized spacial score (nSPS) is 12.8. The molecule has 1 aliphatic rings. The van der Waals surface area contributed by atoms with E-state index in [1.54, 1.807) is 66.7 Å². The molecule has 0 radical (unpaired) electrons. The van der Waals surface area contributed by atoms with Gasteiger partial charge in [-0.25, -0.2) is 0 Å². The Morgan fingerprint density at radius 1 is 0.829 bits per heavy atom. The highest BCUT2D eigenvalue weighted by molar-refractivity contribution is 6.35. The van der Waals surface area contributed by atoms with Gasteiger partial charge in [-0.2, -0.15) is 0 Å². The summed E-state index contributed by atoms with van der Waals surface area (Å²) in [6.45, 7) is 2.08. The van der Waals surface area contributed by atoms with Gasteiger partial charge in [-0.15, -0.1) is 0 Å².